The maximum absolute atomic E-state index is 12.7. The molecule has 2 heterocycles. The first-order valence-electron chi connectivity index (χ1n) is 11.9. The molecule has 2 aromatic carbocycles. The molecule has 36 heavy (non-hydrogen) atoms. The van der Waals surface area contributed by atoms with E-state index in [4.69, 9.17) is 5.10 Å². The van der Waals surface area contributed by atoms with Gasteiger partial charge < -0.3 is 10.3 Å². The normalized spacial score (nSPS) is 18.1. The second-order valence-electron chi connectivity index (χ2n) is 8.91. The molecule has 0 amide bonds. The topological polar surface area (TPSA) is 133 Å². The van der Waals surface area contributed by atoms with E-state index in [1.165, 1.54) is 12.1 Å². The molecule has 3 N–H and O–H groups in total. The van der Waals surface area contributed by atoms with Crippen LogP contribution in [0.2, 0.25) is 0 Å². The number of fused-ring (bicyclic) bond motifs is 1. The fourth-order valence-electron chi connectivity index (χ4n) is 4.71. The molecule has 184 valence electrons. The third kappa shape index (κ3) is 4.76. The summed E-state index contributed by atoms with van der Waals surface area (Å²) in [5.74, 6) is 0.203. The minimum Gasteiger partial charge on any atom is -0.338 e. The molecule has 2 atom stereocenters. The Morgan fingerprint density at radius 2 is 1.81 bits per heavy atom. The predicted octanol–water partition coefficient (Wildman–Crippen LogP) is 4.20. The Labute approximate surface area is 208 Å². The van der Waals surface area contributed by atoms with Crippen LogP contribution in [0.4, 0.5) is 11.5 Å². The summed E-state index contributed by atoms with van der Waals surface area (Å²) < 4.78 is 29.8. The molecule has 0 saturated heterocycles. The summed E-state index contributed by atoms with van der Waals surface area (Å²) in [5.41, 5.74) is 1.84. The minimum atomic E-state index is -3.69. The molecule has 0 spiro atoms. The lowest BCUT2D eigenvalue weighted by molar-refractivity contribution is 0.277. The molecule has 0 aliphatic heterocycles. The van der Waals surface area contributed by atoms with Crippen molar-refractivity contribution in [2.45, 2.75) is 43.2 Å². The van der Waals surface area contributed by atoms with E-state index < -0.39 is 10.0 Å². The summed E-state index contributed by atoms with van der Waals surface area (Å²) >= 11 is 0. The highest BCUT2D eigenvalue weighted by molar-refractivity contribution is 7.89. The van der Waals surface area contributed by atoms with Crippen molar-refractivity contribution in [2.24, 2.45) is 5.92 Å². The molecule has 1 saturated carbocycles. The van der Waals surface area contributed by atoms with Gasteiger partial charge in [0.25, 0.3) is 5.56 Å². The van der Waals surface area contributed by atoms with E-state index in [1.807, 2.05) is 30.3 Å². The number of benzene rings is 2. The third-order valence-electron chi connectivity index (χ3n) is 6.58. The van der Waals surface area contributed by atoms with Gasteiger partial charge in [-0.25, -0.2) is 13.1 Å². The minimum absolute atomic E-state index is 0.105. The van der Waals surface area contributed by atoms with Crippen molar-refractivity contribution in [3.63, 3.8) is 0 Å². The van der Waals surface area contributed by atoms with Gasteiger partial charge >= 0.3 is 0 Å². The van der Waals surface area contributed by atoms with Gasteiger partial charge in [0.1, 0.15) is 5.39 Å². The second-order valence-corrected chi connectivity index (χ2v) is 10.7. The maximum atomic E-state index is 12.7. The van der Waals surface area contributed by atoms with Gasteiger partial charge in [0.15, 0.2) is 5.82 Å². The van der Waals surface area contributed by atoms with Gasteiger partial charge in [-0.3, -0.25) is 9.48 Å². The first-order valence-corrected chi connectivity index (χ1v) is 13.3. The molecule has 10 heteroatoms. The number of aromatic amines is 1. The number of nitrogens with one attached hydrogen (secondary N) is 3. The predicted molar refractivity (Wildman–Crippen MR) is 137 cm³/mol. The van der Waals surface area contributed by atoms with Crippen molar-refractivity contribution in [1.82, 2.24) is 19.5 Å². The average Bonchev–Trinajstić information content (AvgIpc) is 3.27. The number of aromatic nitrogens is 3. The van der Waals surface area contributed by atoms with Crippen molar-refractivity contribution in [3.05, 3.63) is 82.8 Å². The van der Waals surface area contributed by atoms with Gasteiger partial charge in [-0.15, -0.1) is 0 Å². The zero-order chi connectivity index (χ0) is 25.1. The largest absolute Gasteiger partial charge is 0.338 e. The summed E-state index contributed by atoms with van der Waals surface area (Å²) in [6.45, 7) is 0.195. The maximum Gasteiger partial charge on any atom is 0.261 e. The van der Waals surface area contributed by atoms with Gasteiger partial charge in [-0.05, 0) is 48.7 Å². The molecule has 0 unspecified atom stereocenters. The number of nitrogens with zero attached hydrogens (tertiary/aromatic N) is 3. The summed E-state index contributed by atoms with van der Waals surface area (Å²) in [5, 5.41) is 17.9. The molecular formula is C26H26N6O3S. The van der Waals surface area contributed by atoms with Crippen LogP contribution in [0.5, 0.6) is 0 Å². The molecule has 1 aliphatic carbocycles. The molecule has 4 aromatic rings. The van der Waals surface area contributed by atoms with E-state index in [0.717, 1.165) is 31.2 Å². The van der Waals surface area contributed by atoms with Crippen molar-refractivity contribution in [1.29, 1.82) is 5.26 Å². The molecule has 0 radical (unpaired) electrons. The van der Waals surface area contributed by atoms with E-state index in [2.05, 4.69) is 21.1 Å². The second kappa shape index (κ2) is 9.97. The number of H-pyrrole nitrogens is 1. The fourth-order valence-corrected chi connectivity index (χ4v) is 5.72. The number of nitriles is 1. The van der Waals surface area contributed by atoms with Crippen molar-refractivity contribution >= 4 is 32.4 Å². The Morgan fingerprint density at radius 1 is 1.06 bits per heavy atom. The summed E-state index contributed by atoms with van der Waals surface area (Å²) in [4.78, 5) is 15.5. The van der Waals surface area contributed by atoms with Crippen LogP contribution in [0, 0.1) is 17.2 Å². The lowest BCUT2D eigenvalue weighted by atomic mass is 9.85. The van der Waals surface area contributed by atoms with E-state index in [9.17, 15) is 18.5 Å². The average molecular weight is 503 g/mol. The van der Waals surface area contributed by atoms with Crippen LogP contribution in [-0.4, -0.2) is 23.2 Å². The Bertz CT molecular complexity index is 1570. The highest BCUT2D eigenvalue weighted by Crippen LogP contribution is 2.36. The van der Waals surface area contributed by atoms with Gasteiger partial charge in [0.05, 0.1) is 28.4 Å². The summed E-state index contributed by atoms with van der Waals surface area (Å²) in [7, 11) is -3.69. The van der Waals surface area contributed by atoms with Gasteiger partial charge in [-0.2, -0.15) is 10.4 Å². The van der Waals surface area contributed by atoms with Crippen LogP contribution in [0.25, 0.3) is 10.9 Å². The Kier molecular flexibility index (Phi) is 6.59. The number of sulfonamides is 1. The Balaban J connectivity index is 1.40. The Hall–Kier alpha value is -3.94. The van der Waals surface area contributed by atoms with Gasteiger partial charge in [0, 0.05) is 18.4 Å². The molecule has 0 bridgehead atoms. The SMILES string of the molecule is N#C[C@H]1CCCC[C@@H]1n1nc(Nc2ccc(S(=O)(=O)NCc3ccccc3)cc2)c2c(=O)[nH]ccc21. The molecule has 1 fully saturated rings. The van der Waals surface area contributed by atoms with E-state index in [1.54, 1.807) is 29.1 Å². The lowest BCUT2D eigenvalue weighted by Crippen LogP contribution is -2.23. The van der Waals surface area contributed by atoms with E-state index in [-0.39, 0.29) is 29.0 Å². The highest BCUT2D eigenvalue weighted by atomic mass is 32.2. The Morgan fingerprint density at radius 3 is 2.56 bits per heavy atom. The molecular weight excluding hydrogens is 476 g/mol. The van der Waals surface area contributed by atoms with E-state index in [0.29, 0.717) is 22.4 Å². The zero-order valence-corrected chi connectivity index (χ0v) is 20.3. The number of anilines is 2. The number of hydrogen-bond donors (Lipinski definition) is 3. The molecule has 9 nitrogen and oxygen atoms in total. The van der Waals surface area contributed by atoms with Gasteiger partial charge in [0.2, 0.25) is 10.0 Å². The number of pyridine rings is 1. The lowest BCUT2D eigenvalue weighted by Gasteiger charge is -2.27. The van der Waals surface area contributed by atoms with Crippen LogP contribution in [-0.2, 0) is 16.6 Å². The standard InChI is InChI=1S/C26H26N6O3S/c27-16-19-8-4-5-9-22(19)32-23-14-15-28-26(33)24(23)25(31-32)30-20-10-12-21(13-11-20)36(34,35)29-17-18-6-2-1-3-7-18/h1-3,6-7,10-15,19,22,29H,4-5,8-9,17H2,(H,28,33)(H,30,31)/t19-,22+/m1/s1. The number of hydrogen-bond acceptors (Lipinski definition) is 6. The fraction of sp³-hybridized carbons (Fsp3) is 0.269. The van der Waals surface area contributed by atoms with Crippen LogP contribution in [0.3, 0.4) is 0 Å². The van der Waals surface area contributed by atoms with Crippen molar-refractivity contribution in [3.8, 4) is 6.07 Å². The van der Waals surface area contributed by atoms with Crippen molar-refractivity contribution < 1.29 is 8.42 Å². The van der Waals surface area contributed by atoms with Crippen LogP contribution < -0.4 is 15.6 Å². The van der Waals surface area contributed by atoms with Crippen LogP contribution >= 0.6 is 0 Å². The quantitative estimate of drug-likeness (QED) is 0.347. The number of rotatable bonds is 7. The van der Waals surface area contributed by atoms with Crippen LogP contribution in [0.15, 0.2) is 76.6 Å². The first-order chi connectivity index (χ1) is 17.5. The summed E-state index contributed by atoms with van der Waals surface area (Å²) in [6.07, 6.45) is 5.23. The van der Waals surface area contributed by atoms with Crippen LogP contribution in [0.1, 0.15) is 37.3 Å². The van der Waals surface area contributed by atoms with E-state index >= 15 is 0 Å². The molecule has 5 rings (SSSR count). The molecule has 1 aliphatic rings. The zero-order valence-electron chi connectivity index (χ0n) is 19.5. The molecule has 2 aromatic heterocycles. The summed E-state index contributed by atoms with van der Waals surface area (Å²) in [6, 6.07) is 19.7. The monoisotopic (exact) mass is 502 g/mol. The highest BCUT2D eigenvalue weighted by Gasteiger charge is 2.29. The van der Waals surface area contributed by atoms with Gasteiger partial charge in [-0.1, -0.05) is 43.2 Å². The smallest absolute Gasteiger partial charge is 0.261 e. The third-order valence-corrected chi connectivity index (χ3v) is 7.99. The van der Waals surface area contributed by atoms with Crippen molar-refractivity contribution in [2.75, 3.05) is 5.32 Å². The first kappa shape index (κ1) is 23.8.